The second-order valence-electron chi connectivity index (χ2n) is 5.92. The first-order valence-electron chi connectivity index (χ1n) is 7.44. The van der Waals surface area contributed by atoms with Gasteiger partial charge in [-0.15, -0.1) is 10.2 Å². The number of hydrogen-bond acceptors (Lipinski definition) is 5. The van der Waals surface area contributed by atoms with Crippen molar-refractivity contribution < 1.29 is 14.7 Å². The minimum Gasteiger partial charge on any atom is -0.481 e. The summed E-state index contributed by atoms with van der Waals surface area (Å²) in [6, 6.07) is 0.442. The van der Waals surface area contributed by atoms with Crippen molar-refractivity contribution in [1.82, 2.24) is 19.7 Å². The Hall–Kier alpha value is -1.57. The van der Waals surface area contributed by atoms with Crippen molar-refractivity contribution in [2.75, 3.05) is 12.3 Å². The van der Waals surface area contributed by atoms with Gasteiger partial charge in [-0.05, 0) is 26.7 Å². The molecule has 0 aliphatic heterocycles. The van der Waals surface area contributed by atoms with E-state index >= 15 is 0 Å². The minimum atomic E-state index is -0.870. The molecule has 1 unspecified atom stereocenters. The maximum absolute atomic E-state index is 12.4. The molecule has 0 bridgehead atoms. The largest absolute Gasteiger partial charge is 0.481 e. The van der Waals surface area contributed by atoms with Gasteiger partial charge in [-0.2, -0.15) is 0 Å². The van der Waals surface area contributed by atoms with Crippen LogP contribution in [0.2, 0.25) is 0 Å². The quantitative estimate of drug-likeness (QED) is 0.731. The number of hydrogen-bond donors (Lipinski definition) is 1. The van der Waals surface area contributed by atoms with Crippen LogP contribution >= 0.6 is 11.8 Å². The lowest BCUT2D eigenvalue weighted by Crippen LogP contribution is -2.39. The van der Waals surface area contributed by atoms with Crippen LogP contribution in [0.5, 0.6) is 0 Å². The Morgan fingerprint density at radius 3 is 2.68 bits per heavy atom. The van der Waals surface area contributed by atoms with Crippen molar-refractivity contribution in [3.8, 4) is 0 Å². The van der Waals surface area contributed by atoms with Crippen LogP contribution < -0.4 is 0 Å². The van der Waals surface area contributed by atoms with Gasteiger partial charge in [0, 0.05) is 18.6 Å². The fraction of sp³-hybridized carbons (Fsp3) is 0.714. The van der Waals surface area contributed by atoms with E-state index in [1.54, 1.807) is 18.2 Å². The predicted molar refractivity (Wildman–Crippen MR) is 82.7 cm³/mol. The summed E-state index contributed by atoms with van der Waals surface area (Å²) in [6.07, 6.45) is 3.58. The van der Waals surface area contributed by atoms with Gasteiger partial charge in [0.1, 0.15) is 6.33 Å². The molecule has 0 aromatic carbocycles. The van der Waals surface area contributed by atoms with E-state index in [4.69, 9.17) is 5.11 Å². The second-order valence-corrected chi connectivity index (χ2v) is 6.86. The van der Waals surface area contributed by atoms with Crippen molar-refractivity contribution in [1.29, 1.82) is 0 Å². The fourth-order valence-electron chi connectivity index (χ4n) is 2.11. The average Bonchev–Trinajstić information content (AvgIpc) is 3.18. The average molecular weight is 326 g/mol. The van der Waals surface area contributed by atoms with Crippen LogP contribution in [-0.4, -0.2) is 55.0 Å². The topological polar surface area (TPSA) is 88.3 Å². The third-order valence-electron chi connectivity index (χ3n) is 3.62. The van der Waals surface area contributed by atoms with Gasteiger partial charge in [0.15, 0.2) is 5.16 Å². The number of aliphatic carboxylic acids is 1. The summed E-state index contributed by atoms with van der Waals surface area (Å²) in [5.41, 5.74) is 0. The number of thioether (sulfide) groups is 1. The fourth-order valence-corrected chi connectivity index (χ4v) is 3.04. The lowest BCUT2D eigenvalue weighted by atomic mass is 10.1. The van der Waals surface area contributed by atoms with Crippen LogP contribution in [0.15, 0.2) is 11.5 Å². The van der Waals surface area contributed by atoms with Crippen LogP contribution in [0.3, 0.4) is 0 Å². The number of nitrogens with zero attached hydrogens (tertiary/aromatic N) is 4. The summed E-state index contributed by atoms with van der Waals surface area (Å²) in [7, 11) is 0. The van der Waals surface area contributed by atoms with Crippen LogP contribution in [0.25, 0.3) is 0 Å². The van der Waals surface area contributed by atoms with Gasteiger partial charge in [-0.25, -0.2) is 0 Å². The van der Waals surface area contributed by atoms with Gasteiger partial charge >= 0.3 is 5.97 Å². The molecule has 1 N–H and O–H groups in total. The summed E-state index contributed by atoms with van der Waals surface area (Å²) in [5.74, 6) is -1.19. The minimum absolute atomic E-state index is 0.0288. The molecule has 1 saturated carbocycles. The molecule has 7 nitrogen and oxygen atoms in total. The monoisotopic (exact) mass is 326 g/mol. The molecule has 1 aromatic rings. The van der Waals surface area contributed by atoms with Crippen molar-refractivity contribution in [3.63, 3.8) is 0 Å². The third-order valence-corrected chi connectivity index (χ3v) is 4.56. The smallest absolute Gasteiger partial charge is 0.308 e. The highest BCUT2D eigenvalue weighted by Crippen LogP contribution is 2.29. The Labute approximate surface area is 134 Å². The van der Waals surface area contributed by atoms with E-state index in [-0.39, 0.29) is 30.3 Å². The third kappa shape index (κ3) is 4.22. The highest BCUT2D eigenvalue weighted by Gasteiger charge is 2.34. The molecule has 22 heavy (non-hydrogen) atoms. The standard InChI is InChI=1S/C14H22N4O3S/c1-9(2)18-8-15-16-14(18)22-7-12(19)17(11-4-5-11)6-10(3)13(20)21/h8-11H,4-7H2,1-3H3,(H,20,21). The van der Waals surface area contributed by atoms with E-state index < -0.39 is 11.9 Å². The zero-order valence-corrected chi connectivity index (χ0v) is 13.9. The van der Waals surface area contributed by atoms with Crippen LogP contribution in [0.4, 0.5) is 0 Å². The number of carboxylic acids is 1. The van der Waals surface area contributed by atoms with Gasteiger partial charge in [-0.3, -0.25) is 9.59 Å². The molecule has 122 valence electrons. The normalized spacial score (nSPS) is 15.8. The maximum atomic E-state index is 12.4. The summed E-state index contributed by atoms with van der Waals surface area (Å²) in [4.78, 5) is 25.1. The molecule has 0 saturated heterocycles. The molecule has 1 aliphatic carbocycles. The summed E-state index contributed by atoms with van der Waals surface area (Å²) in [6.45, 7) is 5.96. The SMILES string of the molecule is CC(CN(C(=O)CSc1nncn1C(C)C)C1CC1)C(=O)O. The summed E-state index contributed by atoms with van der Waals surface area (Å²) >= 11 is 1.35. The van der Waals surface area contributed by atoms with E-state index in [0.717, 1.165) is 12.8 Å². The lowest BCUT2D eigenvalue weighted by Gasteiger charge is -2.24. The number of carboxylic acid groups (broad SMARTS) is 1. The zero-order chi connectivity index (χ0) is 16.3. The molecule has 0 spiro atoms. The number of rotatable bonds is 8. The number of aromatic nitrogens is 3. The highest BCUT2D eigenvalue weighted by molar-refractivity contribution is 7.99. The molecular formula is C14H22N4O3S. The van der Waals surface area contributed by atoms with Gasteiger partial charge < -0.3 is 14.6 Å². The first kappa shape index (κ1) is 16.8. The highest BCUT2D eigenvalue weighted by atomic mass is 32.2. The first-order valence-corrected chi connectivity index (χ1v) is 8.43. The summed E-state index contributed by atoms with van der Waals surface area (Å²) in [5, 5.41) is 17.6. The number of carbonyl (C=O) groups is 2. The second kappa shape index (κ2) is 7.13. The van der Waals surface area contributed by atoms with Crippen LogP contribution in [0.1, 0.15) is 39.7 Å². The molecular weight excluding hydrogens is 304 g/mol. The number of amides is 1. The van der Waals surface area contributed by atoms with E-state index in [0.29, 0.717) is 5.16 Å². The number of carbonyl (C=O) groups excluding carboxylic acids is 1. The van der Waals surface area contributed by atoms with Gasteiger partial charge in [-0.1, -0.05) is 18.7 Å². The van der Waals surface area contributed by atoms with Gasteiger partial charge in [0.2, 0.25) is 5.91 Å². The maximum Gasteiger partial charge on any atom is 0.308 e. The van der Waals surface area contributed by atoms with E-state index in [2.05, 4.69) is 10.2 Å². The molecule has 1 heterocycles. The Bertz CT molecular complexity index is 542. The van der Waals surface area contributed by atoms with Crippen molar-refractivity contribution in [2.24, 2.45) is 5.92 Å². The first-order chi connectivity index (χ1) is 10.4. The summed E-state index contributed by atoms with van der Waals surface area (Å²) < 4.78 is 1.92. The van der Waals surface area contributed by atoms with Crippen molar-refractivity contribution in [2.45, 2.75) is 50.9 Å². The zero-order valence-electron chi connectivity index (χ0n) is 13.1. The Balaban J connectivity index is 1.94. The molecule has 1 amide bonds. The Kier molecular flexibility index (Phi) is 5.44. The predicted octanol–water partition coefficient (Wildman–Crippen LogP) is 1.66. The van der Waals surface area contributed by atoms with Crippen molar-refractivity contribution >= 4 is 23.6 Å². The van der Waals surface area contributed by atoms with E-state index in [1.807, 2.05) is 18.4 Å². The van der Waals surface area contributed by atoms with Crippen molar-refractivity contribution in [3.05, 3.63) is 6.33 Å². The molecule has 2 rings (SSSR count). The molecule has 1 fully saturated rings. The Morgan fingerprint density at radius 1 is 1.45 bits per heavy atom. The molecule has 0 radical (unpaired) electrons. The lowest BCUT2D eigenvalue weighted by molar-refractivity contribution is -0.142. The van der Waals surface area contributed by atoms with E-state index in [1.165, 1.54) is 11.8 Å². The van der Waals surface area contributed by atoms with Crippen LogP contribution in [-0.2, 0) is 9.59 Å². The Morgan fingerprint density at radius 2 is 2.14 bits per heavy atom. The van der Waals surface area contributed by atoms with Crippen LogP contribution in [0, 0.1) is 5.92 Å². The van der Waals surface area contributed by atoms with E-state index in [9.17, 15) is 9.59 Å². The van der Waals surface area contributed by atoms with Gasteiger partial charge in [0.05, 0.1) is 11.7 Å². The molecule has 1 aliphatic rings. The molecule has 1 atom stereocenters. The molecule has 8 heteroatoms. The van der Waals surface area contributed by atoms with Gasteiger partial charge in [0.25, 0.3) is 0 Å². The molecule has 1 aromatic heterocycles.